The lowest BCUT2D eigenvalue weighted by atomic mass is 9.82. The minimum atomic E-state index is 0.466. The van der Waals surface area contributed by atoms with Crippen LogP contribution in [-0.2, 0) is 0 Å². The smallest absolute Gasteiger partial charge is 0.00719 e. The van der Waals surface area contributed by atoms with Crippen molar-refractivity contribution in [2.45, 2.75) is 73.8 Å². The van der Waals surface area contributed by atoms with E-state index in [1.165, 1.54) is 19.3 Å². The highest BCUT2D eigenvalue weighted by Crippen LogP contribution is 2.27. The van der Waals surface area contributed by atoms with Gasteiger partial charge in [-0.1, -0.05) is 48.5 Å². The molecule has 2 atom stereocenters. The maximum atomic E-state index is 3.63. The number of hydrogen-bond acceptors (Lipinski definition) is 1. The van der Waals surface area contributed by atoms with Crippen molar-refractivity contribution in [1.29, 1.82) is 0 Å². The molecule has 1 N–H and O–H groups in total. The highest BCUT2D eigenvalue weighted by Gasteiger charge is 2.19. The second-order valence-corrected chi connectivity index (χ2v) is 6.99. The molecule has 0 aliphatic rings. The summed E-state index contributed by atoms with van der Waals surface area (Å²) in [4.78, 5) is 0. The van der Waals surface area contributed by atoms with Crippen LogP contribution in [0.2, 0.25) is 0 Å². The van der Waals surface area contributed by atoms with Gasteiger partial charge in [0.05, 0.1) is 0 Å². The van der Waals surface area contributed by atoms with Crippen molar-refractivity contribution < 1.29 is 0 Å². The van der Waals surface area contributed by atoms with Gasteiger partial charge in [0.15, 0.2) is 0 Å². The molecule has 0 aromatic carbocycles. The predicted molar refractivity (Wildman–Crippen MR) is 74.8 cm³/mol. The zero-order valence-corrected chi connectivity index (χ0v) is 12.6. The lowest BCUT2D eigenvalue weighted by Crippen LogP contribution is -2.32. The van der Waals surface area contributed by atoms with Gasteiger partial charge in [0.1, 0.15) is 0 Å². The summed E-state index contributed by atoms with van der Waals surface area (Å²) in [5.74, 6) is 1.62. The van der Waals surface area contributed by atoms with Crippen molar-refractivity contribution >= 4 is 0 Å². The summed E-state index contributed by atoms with van der Waals surface area (Å²) in [6.45, 7) is 17.4. The molecule has 1 nitrogen and oxygen atoms in total. The Morgan fingerprint density at radius 3 is 1.94 bits per heavy atom. The highest BCUT2D eigenvalue weighted by molar-refractivity contribution is 4.74. The van der Waals surface area contributed by atoms with E-state index in [4.69, 9.17) is 0 Å². The van der Waals surface area contributed by atoms with Crippen LogP contribution in [0.3, 0.4) is 0 Å². The molecule has 0 aliphatic carbocycles. The molecule has 0 radical (unpaired) electrons. The predicted octanol–water partition coefficient (Wildman–Crippen LogP) is 4.47. The van der Waals surface area contributed by atoms with Gasteiger partial charge in [-0.3, -0.25) is 0 Å². The first-order valence-electron chi connectivity index (χ1n) is 6.98. The van der Waals surface area contributed by atoms with Crippen molar-refractivity contribution in [2.75, 3.05) is 6.54 Å². The zero-order chi connectivity index (χ0) is 12.8. The molecule has 0 aromatic heterocycles. The van der Waals surface area contributed by atoms with Crippen LogP contribution in [0.1, 0.15) is 67.7 Å². The summed E-state index contributed by atoms with van der Waals surface area (Å²) < 4.78 is 0. The first-order chi connectivity index (χ1) is 7.24. The quantitative estimate of drug-likeness (QED) is 0.676. The van der Waals surface area contributed by atoms with Crippen LogP contribution < -0.4 is 5.32 Å². The monoisotopic (exact) mass is 227 g/mol. The van der Waals surface area contributed by atoms with Crippen LogP contribution in [0.4, 0.5) is 0 Å². The van der Waals surface area contributed by atoms with Gasteiger partial charge in [-0.05, 0) is 43.1 Å². The maximum Gasteiger partial charge on any atom is 0.00719 e. The number of rotatable bonds is 7. The first kappa shape index (κ1) is 16.0. The van der Waals surface area contributed by atoms with Gasteiger partial charge in [-0.15, -0.1) is 0 Å². The molecule has 1 heteroatoms. The van der Waals surface area contributed by atoms with Gasteiger partial charge in [0.25, 0.3) is 0 Å². The summed E-state index contributed by atoms with van der Waals surface area (Å²) >= 11 is 0. The normalized spacial score (nSPS) is 16.5. The number of nitrogens with one attached hydrogen (secondary N) is 1. The molecule has 98 valence electrons. The molecule has 0 aromatic rings. The molecule has 2 unspecified atom stereocenters. The Morgan fingerprint density at radius 1 is 1.00 bits per heavy atom. The Hall–Kier alpha value is -0.0400. The molecule has 0 fully saturated rings. The van der Waals surface area contributed by atoms with Crippen molar-refractivity contribution in [3.05, 3.63) is 0 Å². The maximum absolute atomic E-state index is 3.63. The lowest BCUT2D eigenvalue weighted by Gasteiger charge is -2.28. The van der Waals surface area contributed by atoms with Gasteiger partial charge in [-0.25, -0.2) is 0 Å². The van der Waals surface area contributed by atoms with E-state index >= 15 is 0 Å². The van der Waals surface area contributed by atoms with E-state index in [0.717, 1.165) is 18.4 Å². The van der Waals surface area contributed by atoms with Crippen molar-refractivity contribution in [3.8, 4) is 0 Å². The van der Waals surface area contributed by atoms with Crippen LogP contribution in [-0.4, -0.2) is 12.6 Å². The number of hydrogen-bond donors (Lipinski definition) is 1. The standard InChI is InChI=1S/C15H33N/c1-8-16-14(9-12(2)3)10-13(4)11-15(5,6)7/h12-14,16H,8-11H2,1-7H3. The van der Waals surface area contributed by atoms with Crippen LogP contribution in [0.15, 0.2) is 0 Å². The van der Waals surface area contributed by atoms with Crippen LogP contribution >= 0.6 is 0 Å². The largest absolute Gasteiger partial charge is 0.314 e. The van der Waals surface area contributed by atoms with Crippen molar-refractivity contribution in [1.82, 2.24) is 5.32 Å². The van der Waals surface area contributed by atoms with E-state index in [1.807, 2.05) is 0 Å². The third kappa shape index (κ3) is 9.21. The van der Waals surface area contributed by atoms with Crippen molar-refractivity contribution in [2.24, 2.45) is 17.3 Å². The second-order valence-electron chi connectivity index (χ2n) is 6.99. The Kier molecular flexibility index (Phi) is 7.30. The Morgan fingerprint density at radius 2 is 1.56 bits per heavy atom. The van der Waals surface area contributed by atoms with Gasteiger partial charge in [-0.2, -0.15) is 0 Å². The molecule has 0 rings (SSSR count). The summed E-state index contributed by atoms with van der Waals surface area (Å²) in [5.41, 5.74) is 0.466. The summed E-state index contributed by atoms with van der Waals surface area (Å²) in [6, 6.07) is 0.711. The van der Waals surface area contributed by atoms with E-state index in [9.17, 15) is 0 Å². The third-order valence-electron chi connectivity index (χ3n) is 2.90. The second kappa shape index (κ2) is 7.32. The Labute approximate surface area is 103 Å². The Balaban J connectivity index is 4.07. The third-order valence-corrected chi connectivity index (χ3v) is 2.90. The molecule has 0 saturated carbocycles. The van der Waals surface area contributed by atoms with Gasteiger partial charge in [0, 0.05) is 6.04 Å². The van der Waals surface area contributed by atoms with Crippen LogP contribution in [0.25, 0.3) is 0 Å². The fourth-order valence-corrected chi connectivity index (χ4v) is 2.74. The van der Waals surface area contributed by atoms with Gasteiger partial charge in [0.2, 0.25) is 0 Å². The fourth-order valence-electron chi connectivity index (χ4n) is 2.74. The van der Waals surface area contributed by atoms with Crippen LogP contribution in [0.5, 0.6) is 0 Å². The first-order valence-corrected chi connectivity index (χ1v) is 6.98. The molecule has 0 amide bonds. The summed E-state index contributed by atoms with van der Waals surface area (Å²) in [6.07, 6.45) is 3.96. The van der Waals surface area contributed by atoms with Crippen molar-refractivity contribution in [3.63, 3.8) is 0 Å². The lowest BCUT2D eigenvalue weighted by molar-refractivity contribution is 0.264. The van der Waals surface area contributed by atoms with Gasteiger partial charge >= 0.3 is 0 Å². The van der Waals surface area contributed by atoms with Crippen LogP contribution in [0, 0.1) is 17.3 Å². The molecule has 16 heavy (non-hydrogen) atoms. The Bertz CT molecular complexity index is 167. The summed E-state index contributed by atoms with van der Waals surface area (Å²) in [7, 11) is 0. The van der Waals surface area contributed by atoms with E-state index in [-0.39, 0.29) is 0 Å². The summed E-state index contributed by atoms with van der Waals surface area (Å²) in [5, 5.41) is 3.63. The van der Waals surface area contributed by atoms with E-state index in [0.29, 0.717) is 11.5 Å². The average molecular weight is 227 g/mol. The molecular formula is C15H33N. The van der Waals surface area contributed by atoms with E-state index in [1.54, 1.807) is 0 Å². The molecule has 0 bridgehead atoms. The molecular weight excluding hydrogens is 194 g/mol. The van der Waals surface area contributed by atoms with E-state index < -0.39 is 0 Å². The minimum absolute atomic E-state index is 0.466. The molecule has 0 heterocycles. The zero-order valence-electron chi connectivity index (χ0n) is 12.6. The minimum Gasteiger partial charge on any atom is -0.314 e. The average Bonchev–Trinajstić information content (AvgIpc) is 1.98. The fraction of sp³-hybridized carbons (Fsp3) is 1.00. The topological polar surface area (TPSA) is 12.0 Å². The molecule has 0 spiro atoms. The highest BCUT2D eigenvalue weighted by atomic mass is 14.9. The SMILES string of the molecule is CCNC(CC(C)C)CC(C)CC(C)(C)C. The molecule has 0 aliphatic heterocycles. The van der Waals surface area contributed by atoms with Gasteiger partial charge < -0.3 is 5.32 Å². The van der Waals surface area contributed by atoms with E-state index in [2.05, 4.69) is 53.8 Å². The molecule has 0 saturated heterocycles.